The van der Waals surface area contributed by atoms with Crippen molar-refractivity contribution in [3.05, 3.63) is 124 Å². The number of carbonyl (C=O) groups excluding carboxylic acids is 1. The highest BCUT2D eigenvalue weighted by atomic mass is 16.6. The van der Waals surface area contributed by atoms with Gasteiger partial charge in [-0.1, -0.05) is 67.8 Å². The highest BCUT2D eigenvalue weighted by Gasteiger charge is 2.05. The first-order valence-corrected chi connectivity index (χ1v) is 12.3. The molecule has 0 N–H and O–H groups in total. The van der Waals surface area contributed by atoms with Gasteiger partial charge in [-0.25, -0.2) is 0 Å². The quantitative estimate of drug-likeness (QED) is 0.0601. The molecule has 0 saturated carbocycles. The number of ether oxygens (including phenoxy) is 1. The first kappa shape index (κ1) is 30.0. The van der Waals surface area contributed by atoms with Crippen LogP contribution in [0, 0.1) is 32.8 Å². The topological polar surface area (TPSA) is 117 Å². The SMILES string of the molecule is C=C(C#N)C#N.C=Cc1ccc(C(=O)CCCCCOc2ccc(C=Cc3ccc([N+](=O)[O-])cc3)cc2)cc1. The Bertz CT molecular complexity index is 1360. The number of unbranched alkanes of at least 4 members (excludes halogenated alkanes) is 2. The number of hydrogen-bond acceptors (Lipinski definition) is 6. The van der Waals surface area contributed by atoms with Crippen molar-refractivity contribution in [3.8, 4) is 17.9 Å². The number of benzene rings is 3. The lowest BCUT2D eigenvalue weighted by atomic mass is 10.0. The maximum atomic E-state index is 12.2. The van der Waals surface area contributed by atoms with Gasteiger partial charge in [-0.05, 0) is 60.2 Å². The molecule has 0 aromatic heterocycles. The Kier molecular flexibility index (Phi) is 12.7. The molecule has 0 aliphatic carbocycles. The molecule has 0 aliphatic rings. The fourth-order valence-electron chi connectivity index (χ4n) is 3.30. The van der Waals surface area contributed by atoms with Crippen LogP contribution in [0.15, 0.2) is 91.5 Å². The number of hydrogen-bond donors (Lipinski definition) is 0. The molecule has 0 radical (unpaired) electrons. The van der Waals surface area contributed by atoms with E-state index in [0.29, 0.717) is 13.0 Å². The summed E-state index contributed by atoms with van der Waals surface area (Å²) in [4.78, 5) is 22.5. The fourth-order valence-corrected chi connectivity index (χ4v) is 3.30. The summed E-state index contributed by atoms with van der Waals surface area (Å²) in [5, 5.41) is 26.2. The Morgan fingerprint density at radius 1 is 0.846 bits per heavy atom. The summed E-state index contributed by atoms with van der Waals surface area (Å²) in [6, 6.07) is 24.8. The fraction of sp³-hybridized carbons (Fsp3) is 0.156. The molecule has 0 atom stereocenters. The smallest absolute Gasteiger partial charge is 0.269 e. The lowest BCUT2D eigenvalue weighted by Gasteiger charge is -2.06. The van der Waals surface area contributed by atoms with Crippen LogP contribution in [0.1, 0.15) is 52.7 Å². The second-order valence-corrected chi connectivity index (χ2v) is 8.36. The van der Waals surface area contributed by atoms with Gasteiger partial charge in [0.05, 0.1) is 11.5 Å². The van der Waals surface area contributed by atoms with Crippen LogP contribution in [-0.4, -0.2) is 17.3 Å². The number of nitrogens with zero attached hydrogens (tertiary/aromatic N) is 3. The van der Waals surface area contributed by atoms with Crippen LogP contribution in [0.5, 0.6) is 5.75 Å². The number of Topliss-reactive ketones (excluding diaryl/α,β-unsaturated/α-hetero) is 1. The number of non-ortho nitro benzene ring substituents is 1. The average Bonchev–Trinajstić information content (AvgIpc) is 2.98. The van der Waals surface area contributed by atoms with Gasteiger partial charge in [0.25, 0.3) is 5.69 Å². The molecule has 0 saturated heterocycles. The van der Waals surface area contributed by atoms with Crippen LogP contribution < -0.4 is 4.74 Å². The summed E-state index contributed by atoms with van der Waals surface area (Å²) in [6.07, 6.45) is 8.85. The summed E-state index contributed by atoms with van der Waals surface area (Å²) in [6.45, 7) is 7.40. The molecule has 196 valence electrons. The van der Waals surface area contributed by atoms with Crippen molar-refractivity contribution in [1.82, 2.24) is 0 Å². The van der Waals surface area contributed by atoms with Crippen molar-refractivity contribution in [3.63, 3.8) is 0 Å². The number of rotatable bonds is 12. The molecule has 0 fully saturated rings. The average molecular weight is 520 g/mol. The Morgan fingerprint density at radius 3 is 1.87 bits per heavy atom. The largest absolute Gasteiger partial charge is 0.494 e. The van der Waals surface area contributed by atoms with Crippen molar-refractivity contribution in [2.75, 3.05) is 6.61 Å². The van der Waals surface area contributed by atoms with Gasteiger partial charge >= 0.3 is 0 Å². The van der Waals surface area contributed by atoms with Crippen LogP contribution >= 0.6 is 0 Å². The van der Waals surface area contributed by atoms with Gasteiger partial charge in [0, 0.05) is 24.1 Å². The van der Waals surface area contributed by atoms with Crippen molar-refractivity contribution in [2.24, 2.45) is 0 Å². The van der Waals surface area contributed by atoms with Crippen LogP contribution in [0.4, 0.5) is 5.69 Å². The summed E-state index contributed by atoms with van der Waals surface area (Å²) in [5.74, 6) is 0.977. The summed E-state index contributed by atoms with van der Waals surface area (Å²) in [5.41, 5.74) is 3.71. The van der Waals surface area contributed by atoms with Gasteiger partial charge in [-0.3, -0.25) is 14.9 Å². The number of nitriles is 2. The molecule has 39 heavy (non-hydrogen) atoms. The summed E-state index contributed by atoms with van der Waals surface area (Å²) in [7, 11) is 0. The normalized spacial score (nSPS) is 9.90. The van der Waals surface area contributed by atoms with Gasteiger partial charge in [0.1, 0.15) is 23.5 Å². The van der Waals surface area contributed by atoms with E-state index in [-0.39, 0.29) is 17.0 Å². The summed E-state index contributed by atoms with van der Waals surface area (Å²) < 4.78 is 5.79. The van der Waals surface area contributed by atoms with Crippen molar-refractivity contribution in [2.45, 2.75) is 25.7 Å². The van der Waals surface area contributed by atoms with Crippen molar-refractivity contribution >= 4 is 29.7 Å². The highest BCUT2D eigenvalue weighted by Crippen LogP contribution is 2.17. The number of nitro benzene ring substituents is 1. The number of nitro groups is 1. The zero-order valence-corrected chi connectivity index (χ0v) is 21.6. The van der Waals surface area contributed by atoms with Crippen molar-refractivity contribution in [1.29, 1.82) is 10.5 Å². The maximum Gasteiger partial charge on any atom is 0.269 e. The van der Waals surface area contributed by atoms with Crippen molar-refractivity contribution < 1.29 is 14.5 Å². The Labute approximate surface area is 228 Å². The monoisotopic (exact) mass is 519 g/mol. The molecule has 3 rings (SSSR count). The van der Waals surface area contributed by atoms with E-state index in [2.05, 4.69) is 13.2 Å². The minimum absolute atomic E-state index is 0.0463. The van der Waals surface area contributed by atoms with Gasteiger partial charge < -0.3 is 4.74 Å². The first-order valence-electron chi connectivity index (χ1n) is 12.3. The second-order valence-electron chi connectivity index (χ2n) is 8.36. The second kappa shape index (κ2) is 16.5. The van der Waals surface area contributed by atoms with E-state index < -0.39 is 4.92 Å². The zero-order chi connectivity index (χ0) is 28.5. The Balaban J connectivity index is 0.000000798. The summed E-state index contributed by atoms with van der Waals surface area (Å²) >= 11 is 0. The van der Waals surface area contributed by atoms with Gasteiger partial charge in [0.15, 0.2) is 5.78 Å². The molecular weight excluding hydrogens is 490 g/mol. The molecule has 0 bridgehead atoms. The highest BCUT2D eigenvalue weighted by molar-refractivity contribution is 5.96. The lowest BCUT2D eigenvalue weighted by molar-refractivity contribution is -0.384. The standard InChI is InChI=1S/C28H27NO4.C4H2N2/c1-2-22-9-15-25(16-10-22)28(30)6-4-3-5-21-33-27-19-13-24(14-20-27)8-7-23-11-17-26(18-12-23)29(31)32;1-4(2-5)3-6/h2,7-20H,1,3-6,21H2;1H2. The van der Waals surface area contributed by atoms with Gasteiger partial charge in [-0.2, -0.15) is 10.5 Å². The molecule has 3 aromatic carbocycles. The van der Waals surface area contributed by atoms with Crippen LogP contribution in [0.2, 0.25) is 0 Å². The molecule has 0 aliphatic heterocycles. The van der Waals surface area contributed by atoms with E-state index in [9.17, 15) is 14.9 Å². The third-order valence-electron chi connectivity index (χ3n) is 5.51. The van der Waals surface area contributed by atoms with E-state index >= 15 is 0 Å². The van der Waals surface area contributed by atoms with E-state index in [4.69, 9.17) is 15.3 Å². The Hall–Kier alpha value is -5.27. The number of allylic oxidation sites excluding steroid dienone is 1. The molecule has 3 aromatic rings. The van der Waals surface area contributed by atoms with Crippen LogP contribution in [-0.2, 0) is 0 Å². The zero-order valence-electron chi connectivity index (χ0n) is 21.6. The minimum Gasteiger partial charge on any atom is -0.494 e. The molecule has 7 heteroatoms. The third-order valence-corrected chi connectivity index (χ3v) is 5.51. The van der Waals surface area contributed by atoms with Crippen LogP contribution in [0.3, 0.4) is 0 Å². The molecule has 0 heterocycles. The molecule has 0 amide bonds. The minimum atomic E-state index is -0.407. The van der Waals surface area contributed by atoms with E-state index in [0.717, 1.165) is 47.3 Å². The molecule has 0 spiro atoms. The van der Waals surface area contributed by atoms with E-state index in [1.807, 2.05) is 60.7 Å². The molecule has 7 nitrogen and oxygen atoms in total. The van der Waals surface area contributed by atoms with Crippen LogP contribution in [0.25, 0.3) is 18.2 Å². The number of ketones is 1. The lowest BCUT2D eigenvalue weighted by Crippen LogP contribution is -2.01. The predicted octanol–water partition coefficient (Wildman–Crippen LogP) is 7.82. The maximum absolute atomic E-state index is 12.2. The van der Waals surface area contributed by atoms with Gasteiger partial charge in [-0.15, -0.1) is 0 Å². The molecular formula is C32H29N3O4. The Morgan fingerprint density at radius 2 is 1.38 bits per heavy atom. The van der Waals surface area contributed by atoms with E-state index in [1.54, 1.807) is 30.3 Å². The first-order chi connectivity index (χ1) is 18.9. The third kappa shape index (κ3) is 11.1. The van der Waals surface area contributed by atoms with Gasteiger partial charge in [0.2, 0.25) is 0 Å². The molecule has 0 unspecified atom stereocenters. The number of carbonyl (C=O) groups is 1. The van der Waals surface area contributed by atoms with E-state index in [1.165, 1.54) is 12.1 Å². The predicted molar refractivity (Wildman–Crippen MR) is 154 cm³/mol.